The van der Waals surface area contributed by atoms with Gasteiger partial charge in [-0.25, -0.2) is 8.78 Å². The minimum atomic E-state index is -2.16. The van der Waals surface area contributed by atoms with E-state index in [1.165, 1.54) is 44.1 Å². The van der Waals surface area contributed by atoms with E-state index in [0.717, 1.165) is 50.4 Å². The largest absolute Gasteiger partial charge is 0.388 e. The molecular weight excluding hydrogens is 404 g/mol. The number of likely N-dealkylation sites (tertiary alicyclic amines) is 1. The average Bonchev–Trinajstić information content (AvgIpc) is 3.33. The predicted octanol–water partition coefficient (Wildman–Crippen LogP) is 6.77. The number of hydrogen-bond acceptors (Lipinski definition) is 2. The molecule has 1 saturated heterocycles. The fourth-order valence-corrected chi connectivity index (χ4v) is 7.35. The van der Waals surface area contributed by atoms with Crippen molar-refractivity contribution >= 4 is 0 Å². The van der Waals surface area contributed by atoms with Crippen molar-refractivity contribution in [2.75, 3.05) is 19.6 Å². The summed E-state index contributed by atoms with van der Waals surface area (Å²) in [6.07, 6.45) is 12.7. The lowest BCUT2D eigenvalue weighted by Gasteiger charge is -2.43. The number of halogens is 2. The first kappa shape index (κ1) is 24.1. The van der Waals surface area contributed by atoms with Gasteiger partial charge in [-0.2, -0.15) is 0 Å². The van der Waals surface area contributed by atoms with Crippen molar-refractivity contribution in [1.29, 1.82) is 0 Å². The summed E-state index contributed by atoms with van der Waals surface area (Å²) in [5.74, 6) is 1.91. The monoisotopic (exact) mass is 447 g/mol. The zero-order valence-corrected chi connectivity index (χ0v) is 20.2. The van der Waals surface area contributed by atoms with E-state index in [-0.39, 0.29) is 12.3 Å². The fraction of sp³-hybridized carbons (Fsp3) is 0.786. The first-order valence-electron chi connectivity index (χ1n) is 13.0. The number of hydrogen-bond donors (Lipinski definition) is 1. The standard InChI is InChI=1S/C28H43F2NO/c1-19-6-7-22(20(2)27(19)32)8-9-23-5-4-14-28(3)24(10-11-25(23)28)13-16-31-15-12-21(18-31)17-26(29)30/h8-9,19,21,24-27,32H,2,4-7,10-18H2,1,3H3/b22-8-,23-9+/t19?,21?,24-,25?,27?,28?/m1/s1. The number of aliphatic hydroxyl groups excluding tert-OH is 1. The smallest absolute Gasteiger partial charge is 0.238 e. The second-order valence-corrected chi connectivity index (χ2v) is 11.5. The molecule has 2 nitrogen and oxygen atoms in total. The van der Waals surface area contributed by atoms with E-state index >= 15 is 0 Å². The van der Waals surface area contributed by atoms with Gasteiger partial charge < -0.3 is 10.0 Å². The number of rotatable bonds is 6. The molecule has 3 aliphatic carbocycles. The summed E-state index contributed by atoms with van der Waals surface area (Å²) in [7, 11) is 0. The normalized spacial score (nSPS) is 41.2. The van der Waals surface area contributed by atoms with Crippen LogP contribution in [-0.2, 0) is 0 Å². The number of nitrogens with zero attached hydrogens (tertiary/aromatic N) is 1. The molecule has 0 spiro atoms. The van der Waals surface area contributed by atoms with Gasteiger partial charge in [-0.05, 0) is 111 Å². The zero-order chi connectivity index (χ0) is 22.9. The maximum absolute atomic E-state index is 12.7. The molecule has 4 rings (SSSR count). The summed E-state index contributed by atoms with van der Waals surface area (Å²) in [6, 6.07) is 0. The highest BCUT2D eigenvalue weighted by Crippen LogP contribution is 2.58. The number of allylic oxidation sites excluding steroid dienone is 3. The molecule has 32 heavy (non-hydrogen) atoms. The van der Waals surface area contributed by atoms with Gasteiger partial charge in [-0.15, -0.1) is 0 Å². The second kappa shape index (κ2) is 10.1. The van der Waals surface area contributed by atoms with Crippen molar-refractivity contribution in [3.63, 3.8) is 0 Å². The van der Waals surface area contributed by atoms with E-state index in [2.05, 4.69) is 37.5 Å². The maximum Gasteiger partial charge on any atom is 0.238 e. The highest BCUT2D eigenvalue weighted by molar-refractivity contribution is 5.38. The molecule has 0 amide bonds. The molecule has 1 N–H and O–H groups in total. The first-order chi connectivity index (χ1) is 15.3. The number of aliphatic hydroxyl groups is 1. The van der Waals surface area contributed by atoms with Crippen molar-refractivity contribution in [3.05, 3.63) is 35.5 Å². The van der Waals surface area contributed by atoms with Gasteiger partial charge in [-0.1, -0.05) is 38.2 Å². The molecule has 1 aliphatic heterocycles. The lowest BCUT2D eigenvalue weighted by atomic mass is 9.63. The molecule has 1 heterocycles. The third-order valence-corrected chi connectivity index (χ3v) is 9.51. The summed E-state index contributed by atoms with van der Waals surface area (Å²) < 4.78 is 25.4. The van der Waals surface area contributed by atoms with Crippen molar-refractivity contribution in [1.82, 2.24) is 4.90 Å². The van der Waals surface area contributed by atoms with E-state index in [9.17, 15) is 13.9 Å². The van der Waals surface area contributed by atoms with Gasteiger partial charge in [0.15, 0.2) is 0 Å². The Morgan fingerprint density at radius 3 is 2.78 bits per heavy atom. The third-order valence-electron chi connectivity index (χ3n) is 9.51. The summed E-state index contributed by atoms with van der Waals surface area (Å²) in [4.78, 5) is 2.44. The van der Waals surface area contributed by atoms with Crippen LogP contribution < -0.4 is 0 Å². The van der Waals surface area contributed by atoms with Crippen molar-refractivity contribution in [3.8, 4) is 0 Å². The first-order valence-corrected chi connectivity index (χ1v) is 13.0. The summed E-state index contributed by atoms with van der Waals surface area (Å²) >= 11 is 0. The minimum absolute atomic E-state index is 0.0751. The molecule has 6 atom stereocenters. The van der Waals surface area contributed by atoms with E-state index < -0.39 is 12.5 Å². The Hall–Kier alpha value is -1.00. The van der Waals surface area contributed by atoms with Crippen molar-refractivity contribution < 1.29 is 13.9 Å². The number of fused-ring (bicyclic) bond motifs is 1. The maximum atomic E-state index is 12.7. The molecule has 4 aliphatic rings. The second-order valence-electron chi connectivity index (χ2n) is 11.5. The molecule has 5 unspecified atom stereocenters. The third kappa shape index (κ3) is 5.06. The van der Waals surface area contributed by atoms with Crippen molar-refractivity contribution in [2.24, 2.45) is 29.1 Å². The molecule has 3 saturated carbocycles. The van der Waals surface area contributed by atoms with Gasteiger partial charge in [-0.3, -0.25) is 0 Å². The summed E-state index contributed by atoms with van der Waals surface area (Å²) in [5, 5.41) is 10.4. The van der Waals surface area contributed by atoms with Crippen LogP contribution in [0.3, 0.4) is 0 Å². The fourth-order valence-electron chi connectivity index (χ4n) is 7.35. The Morgan fingerprint density at radius 2 is 2.00 bits per heavy atom. The Bertz CT molecular complexity index is 744. The van der Waals surface area contributed by atoms with E-state index in [1.54, 1.807) is 5.57 Å². The Balaban J connectivity index is 1.36. The Labute approximate surface area is 193 Å². The van der Waals surface area contributed by atoms with Gasteiger partial charge in [0.2, 0.25) is 6.43 Å². The lowest BCUT2D eigenvalue weighted by molar-refractivity contribution is 0.110. The van der Waals surface area contributed by atoms with E-state index in [4.69, 9.17) is 0 Å². The SMILES string of the molecule is C=C1/C(=C\C=C2/CCCC3(C)C2CC[C@@H]3CCN2CCC(CC(F)F)C2)CCC(C)C1O. The molecule has 0 aromatic carbocycles. The quantitative estimate of drug-likeness (QED) is 0.486. The van der Waals surface area contributed by atoms with Crippen LogP contribution in [0.5, 0.6) is 0 Å². The van der Waals surface area contributed by atoms with Crippen LogP contribution in [0, 0.1) is 29.1 Å². The van der Waals surface area contributed by atoms with Gasteiger partial charge in [0.25, 0.3) is 0 Å². The van der Waals surface area contributed by atoms with Gasteiger partial charge >= 0.3 is 0 Å². The van der Waals surface area contributed by atoms with Crippen LogP contribution in [0.2, 0.25) is 0 Å². The molecule has 0 aromatic rings. The van der Waals surface area contributed by atoms with E-state index in [1.807, 2.05) is 0 Å². The van der Waals surface area contributed by atoms with Crippen LogP contribution in [-0.4, -0.2) is 42.2 Å². The molecule has 0 bridgehead atoms. The van der Waals surface area contributed by atoms with Crippen LogP contribution in [0.4, 0.5) is 8.78 Å². The molecule has 0 radical (unpaired) electrons. The van der Waals surface area contributed by atoms with Crippen LogP contribution in [0.1, 0.15) is 78.1 Å². The number of alkyl halides is 2. The summed E-state index contributed by atoms with van der Waals surface area (Å²) in [5.41, 5.74) is 4.13. The molecule has 4 heteroatoms. The molecule has 4 fully saturated rings. The topological polar surface area (TPSA) is 23.5 Å². The zero-order valence-electron chi connectivity index (χ0n) is 20.2. The van der Waals surface area contributed by atoms with Crippen molar-refractivity contribution in [2.45, 2.75) is 90.6 Å². The molecular formula is C28H43F2NO. The van der Waals surface area contributed by atoms with Gasteiger partial charge in [0, 0.05) is 13.0 Å². The van der Waals surface area contributed by atoms with E-state index in [0.29, 0.717) is 17.3 Å². The highest BCUT2D eigenvalue weighted by atomic mass is 19.3. The van der Waals surface area contributed by atoms with Crippen LogP contribution in [0.15, 0.2) is 35.5 Å². The lowest BCUT2D eigenvalue weighted by Crippen LogP contribution is -2.35. The predicted molar refractivity (Wildman–Crippen MR) is 128 cm³/mol. The summed E-state index contributed by atoms with van der Waals surface area (Å²) in [6.45, 7) is 11.7. The van der Waals surface area contributed by atoms with Crippen LogP contribution in [0.25, 0.3) is 0 Å². The minimum Gasteiger partial charge on any atom is -0.388 e. The van der Waals surface area contributed by atoms with Gasteiger partial charge in [0.05, 0.1) is 6.10 Å². The molecule has 0 aromatic heterocycles. The van der Waals surface area contributed by atoms with Gasteiger partial charge in [0.1, 0.15) is 0 Å². The highest BCUT2D eigenvalue weighted by Gasteiger charge is 2.48. The Kier molecular flexibility index (Phi) is 7.61. The molecule has 180 valence electrons. The van der Waals surface area contributed by atoms with Crippen LogP contribution >= 0.6 is 0 Å². The Morgan fingerprint density at radius 1 is 1.19 bits per heavy atom. The average molecular weight is 448 g/mol.